The van der Waals surface area contributed by atoms with Crippen LogP contribution in [-0.4, -0.2) is 26.1 Å². The first kappa shape index (κ1) is 13.3. The third-order valence-electron chi connectivity index (χ3n) is 2.99. The average Bonchev–Trinajstić information content (AvgIpc) is 2.98. The van der Waals surface area contributed by atoms with Crippen LogP contribution in [0.3, 0.4) is 0 Å². The molecule has 0 atom stereocenters. The number of aromatic carboxylic acids is 1. The molecule has 0 aliphatic carbocycles. The van der Waals surface area contributed by atoms with Crippen LogP contribution in [0.15, 0.2) is 54.7 Å². The van der Waals surface area contributed by atoms with E-state index in [2.05, 4.69) is 10.3 Å². The topological polar surface area (TPSA) is 68.0 Å². The molecule has 0 saturated heterocycles. The Morgan fingerprint density at radius 2 is 1.90 bits per heavy atom. The molecule has 21 heavy (non-hydrogen) atoms. The van der Waals surface area contributed by atoms with E-state index in [4.69, 9.17) is 16.7 Å². The molecule has 5 nitrogen and oxygen atoms in total. The Balaban J connectivity index is 1.96. The molecule has 0 spiro atoms. The van der Waals surface area contributed by atoms with Crippen molar-refractivity contribution in [1.29, 1.82) is 0 Å². The summed E-state index contributed by atoms with van der Waals surface area (Å²) in [6.07, 6.45) is 1.74. The van der Waals surface area contributed by atoms with E-state index in [1.807, 2.05) is 12.1 Å². The Hall–Kier alpha value is -2.66. The van der Waals surface area contributed by atoms with Crippen molar-refractivity contribution >= 4 is 17.6 Å². The molecule has 0 saturated carbocycles. The lowest BCUT2D eigenvalue weighted by molar-refractivity contribution is 0.0697. The normalized spacial score (nSPS) is 10.5. The fourth-order valence-corrected chi connectivity index (χ4v) is 2.05. The predicted octanol–water partition coefficient (Wildman–Crippen LogP) is 3.29. The van der Waals surface area contributed by atoms with Gasteiger partial charge in [0.15, 0.2) is 0 Å². The number of carboxylic acids is 1. The third kappa shape index (κ3) is 2.78. The number of nitrogens with zero attached hydrogens (tertiary/aromatic N) is 3. The van der Waals surface area contributed by atoms with Gasteiger partial charge >= 0.3 is 5.97 Å². The van der Waals surface area contributed by atoms with Gasteiger partial charge in [0.2, 0.25) is 0 Å². The summed E-state index contributed by atoms with van der Waals surface area (Å²) in [6, 6.07) is 13.8. The van der Waals surface area contributed by atoms with E-state index < -0.39 is 5.97 Å². The fourth-order valence-electron chi connectivity index (χ4n) is 1.92. The van der Waals surface area contributed by atoms with E-state index in [9.17, 15) is 4.79 Å². The van der Waals surface area contributed by atoms with Crippen LogP contribution < -0.4 is 0 Å². The lowest BCUT2D eigenvalue weighted by Crippen LogP contribution is -2.00. The number of hydrogen-bond donors (Lipinski definition) is 1. The standard InChI is InChI=1S/C15H10ClN3O2/c16-12-6-4-10(5-7-12)14-9-19(18-17-14)13-3-1-2-11(8-13)15(20)21/h1-9H,(H,20,21). The maximum absolute atomic E-state index is 11.0. The Kier molecular flexibility index (Phi) is 3.41. The monoisotopic (exact) mass is 299 g/mol. The van der Waals surface area contributed by atoms with Gasteiger partial charge in [-0.15, -0.1) is 5.10 Å². The van der Waals surface area contributed by atoms with Crippen molar-refractivity contribution in [3.63, 3.8) is 0 Å². The summed E-state index contributed by atoms with van der Waals surface area (Å²) in [5, 5.41) is 17.8. The molecule has 1 heterocycles. The molecule has 0 aliphatic heterocycles. The van der Waals surface area contributed by atoms with Crippen molar-refractivity contribution in [3.05, 3.63) is 65.3 Å². The second-order valence-corrected chi connectivity index (χ2v) is 4.85. The molecule has 0 fully saturated rings. The number of halogens is 1. The van der Waals surface area contributed by atoms with Crippen LogP contribution in [0, 0.1) is 0 Å². The molecule has 3 rings (SSSR count). The summed E-state index contributed by atoms with van der Waals surface area (Å²) in [5.41, 5.74) is 2.42. The highest BCUT2D eigenvalue weighted by Crippen LogP contribution is 2.20. The lowest BCUT2D eigenvalue weighted by Gasteiger charge is -2.01. The summed E-state index contributed by atoms with van der Waals surface area (Å²) in [7, 11) is 0. The van der Waals surface area contributed by atoms with E-state index in [0.29, 0.717) is 16.4 Å². The first-order chi connectivity index (χ1) is 10.1. The first-order valence-electron chi connectivity index (χ1n) is 6.15. The van der Waals surface area contributed by atoms with E-state index in [1.165, 1.54) is 10.7 Å². The van der Waals surface area contributed by atoms with Crippen LogP contribution in [0.1, 0.15) is 10.4 Å². The lowest BCUT2D eigenvalue weighted by atomic mass is 10.2. The van der Waals surface area contributed by atoms with Crippen molar-refractivity contribution in [2.45, 2.75) is 0 Å². The van der Waals surface area contributed by atoms with Crippen LogP contribution in [0.25, 0.3) is 16.9 Å². The van der Waals surface area contributed by atoms with Crippen LogP contribution in [-0.2, 0) is 0 Å². The minimum atomic E-state index is -0.977. The highest BCUT2D eigenvalue weighted by molar-refractivity contribution is 6.30. The smallest absolute Gasteiger partial charge is 0.335 e. The van der Waals surface area contributed by atoms with Crippen LogP contribution in [0.2, 0.25) is 5.02 Å². The van der Waals surface area contributed by atoms with Crippen molar-refractivity contribution in [2.75, 3.05) is 0 Å². The maximum atomic E-state index is 11.0. The summed E-state index contributed by atoms with van der Waals surface area (Å²) in [5.74, 6) is -0.977. The van der Waals surface area contributed by atoms with Gasteiger partial charge in [0.1, 0.15) is 5.69 Å². The van der Waals surface area contributed by atoms with Gasteiger partial charge in [-0.25, -0.2) is 9.48 Å². The summed E-state index contributed by atoms with van der Waals surface area (Å²) < 4.78 is 1.54. The Bertz CT molecular complexity index is 797. The molecule has 0 radical (unpaired) electrons. The van der Waals surface area contributed by atoms with Gasteiger partial charge in [-0.05, 0) is 30.3 Å². The summed E-state index contributed by atoms with van der Waals surface area (Å²) >= 11 is 5.85. The van der Waals surface area contributed by atoms with E-state index in [1.54, 1.807) is 36.5 Å². The predicted molar refractivity (Wildman–Crippen MR) is 78.8 cm³/mol. The Labute approximate surface area is 125 Å². The number of aromatic nitrogens is 3. The molecule has 0 amide bonds. The highest BCUT2D eigenvalue weighted by Gasteiger charge is 2.08. The van der Waals surface area contributed by atoms with Gasteiger partial charge < -0.3 is 5.11 Å². The van der Waals surface area contributed by atoms with E-state index in [0.717, 1.165) is 5.56 Å². The molecule has 6 heteroatoms. The number of hydrogen-bond acceptors (Lipinski definition) is 3. The van der Waals surface area contributed by atoms with Crippen LogP contribution >= 0.6 is 11.6 Å². The second kappa shape index (κ2) is 5.38. The molecule has 0 bridgehead atoms. The van der Waals surface area contributed by atoms with Gasteiger partial charge in [-0.3, -0.25) is 0 Å². The second-order valence-electron chi connectivity index (χ2n) is 4.41. The molecule has 2 aromatic carbocycles. The van der Waals surface area contributed by atoms with Crippen molar-refractivity contribution in [3.8, 4) is 16.9 Å². The highest BCUT2D eigenvalue weighted by atomic mass is 35.5. The Morgan fingerprint density at radius 3 is 2.62 bits per heavy atom. The quantitative estimate of drug-likeness (QED) is 0.806. The molecule has 1 N–H and O–H groups in total. The molecule has 0 aliphatic rings. The minimum absolute atomic E-state index is 0.205. The van der Waals surface area contributed by atoms with Gasteiger partial charge in [0, 0.05) is 10.6 Å². The zero-order valence-electron chi connectivity index (χ0n) is 10.8. The first-order valence-corrected chi connectivity index (χ1v) is 6.53. The molecular weight excluding hydrogens is 290 g/mol. The van der Waals surface area contributed by atoms with E-state index in [-0.39, 0.29) is 5.56 Å². The van der Waals surface area contributed by atoms with E-state index >= 15 is 0 Å². The molecule has 1 aromatic heterocycles. The average molecular weight is 300 g/mol. The summed E-state index contributed by atoms with van der Waals surface area (Å²) in [4.78, 5) is 11.0. The molecule has 3 aromatic rings. The van der Waals surface area contributed by atoms with Gasteiger partial charge in [-0.2, -0.15) is 0 Å². The number of carbonyl (C=O) groups is 1. The maximum Gasteiger partial charge on any atom is 0.335 e. The molecular formula is C15H10ClN3O2. The number of carboxylic acid groups (broad SMARTS) is 1. The zero-order valence-corrected chi connectivity index (χ0v) is 11.5. The largest absolute Gasteiger partial charge is 0.478 e. The van der Waals surface area contributed by atoms with Crippen molar-refractivity contribution < 1.29 is 9.90 Å². The number of rotatable bonds is 3. The van der Waals surface area contributed by atoms with Gasteiger partial charge in [-0.1, -0.05) is 35.0 Å². The van der Waals surface area contributed by atoms with Crippen molar-refractivity contribution in [1.82, 2.24) is 15.0 Å². The molecule has 104 valence electrons. The summed E-state index contributed by atoms with van der Waals surface area (Å²) in [6.45, 7) is 0. The molecule has 0 unspecified atom stereocenters. The zero-order chi connectivity index (χ0) is 14.8. The number of benzene rings is 2. The van der Waals surface area contributed by atoms with Crippen LogP contribution in [0.5, 0.6) is 0 Å². The third-order valence-corrected chi connectivity index (χ3v) is 3.24. The Morgan fingerprint density at radius 1 is 1.14 bits per heavy atom. The van der Waals surface area contributed by atoms with Crippen LogP contribution in [0.4, 0.5) is 0 Å². The minimum Gasteiger partial charge on any atom is -0.478 e. The fraction of sp³-hybridized carbons (Fsp3) is 0. The van der Waals surface area contributed by atoms with Crippen molar-refractivity contribution in [2.24, 2.45) is 0 Å². The SMILES string of the molecule is O=C(O)c1cccc(-n2cc(-c3ccc(Cl)cc3)nn2)c1. The van der Waals surface area contributed by atoms with Gasteiger partial charge in [0.25, 0.3) is 0 Å². The van der Waals surface area contributed by atoms with Gasteiger partial charge in [0.05, 0.1) is 17.4 Å².